The van der Waals surface area contributed by atoms with Crippen LogP contribution in [0.25, 0.3) is 0 Å². The second-order valence-electron chi connectivity index (χ2n) is 3.54. The predicted molar refractivity (Wildman–Crippen MR) is 65.4 cm³/mol. The third-order valence-electron chi connectivity index (χ3n) is 2.07. The molecular formula is C13H24O3. The standard InChI is InChI=1S/C13H24O3/c1-3-5-6-7-9-15-11-13-16-12-10-14-8-4-2/h2H,3,5-13H2,1H3. The highest BCUT2D eigenvalue weighted by atomic mass is 16.5. The summed E-state index contributed by atoms with van der Waals surface area (Å²) in [6.07, 6.45) is 10.00. The molecule has 0 fully saturated rings. The molecule has 0 aliphatic rings. The fourth-order valence-electron chi connectivity index (χ4n) is 1.20. The van der Waals surface area contributed by atoms with Gasteiger partial charge in [-0.15, -0.1) is 6.42 Å². The van der Waals surface area contributed by atoms with Crippen LogP contribution in [-0.4, -0.2) is 39.6 Å². The van der Waals surface area contributed by atoms with Crippen LogP contribution in [0.4, 0.5) is 0 Å². The van der Waals surface area contributed by atoms with Crippen molar-refractivity contribution in [2.75, 3.05) is 39.6 Å². The number of ether oxygens (including phenoxy) is 3. The quantitative estimate of drug-likeness (QED) is 0.379. The van der Waals surface area contributed by atoms with E-state index < -0.39 is 0 Å². The van der Waals surface area contributed by atoms with Gasteiger partial charge in [0.2, 0.25) is 0 Å². The molecule has 0 bridgehead atoms. The molecule has 0 atom stereocenters. The van der Waals surface area contributed by atoms with Crippen molar-refractivity contribution in [2.45, 2.75) is 32.6 Å². The lowest BCUT2D eigenvalue weighted by molar-refractivity contribution is 0.0195. The maximum atomic E-state index is 5.41. The summed E-state index contributed by atoms with van der Waals surface area (Å²) in [5, 5.41) is 0. The van der Waals surface area contributed by atoms with Gasteiger partial charge >= 0.3 is 0 Å². The first kappa shape index (κ1) is 15.4. The van der Waals surface area contributed by atoms with Crippen LogP contribution < -0.4 is 0 Å². The predicted octanol–water partition coefficient (Wildman–Crippen LogP) is 2.25. The zero-order valence-corrected chi connectivity index (χ0v) is 10.4. The first-order chi connectivity index (χ1) is 7.91. The lowest BCUT2D eigenvalue weighted by Gasteiger charge is -2.05. The summed E-state index contributed by atoms with van der Waals surface area (Å²) in [6.45, 7) is 5.85. The van der Waals surface area contributed by atoms with Crippen LogP contribution in [0.1, 0.15) is 32.6 Å². The van der Waals surface area contributed by atoms with E-state index in [4.69, 9.17) is 20.6 Å². The third-order valence-corrected chi connectivity index (χ3v) is 2.07. The number of hydrogen-bond donors (Lipinski definition) is 0. The highest BCUT2D eigenvalue weighted by Crippen LogP contribution is 1.98. The minimum atomic E-state index is 0.358. The molecule has 0 aromatic heterocycles. The van der Waals surface area contributed by atoms with Gasteiger partial charge in [-0.25, -0.2) is 0 Å². The van der Waals surface area contributed by atoms with E-state index in [9.17, 15) is 0 Å². The second-order valence-corrected chi connectivity index (χ2v) is 3.54. The van der Waals surface area contributed by atoms with Gasteiger partial charge in [-0.05, 0) is 6.42 Å². The molecule has 0 aliphatic heterocycles. The topological polar surface area (TPSA) is 27.7 Å². The molecule has 0 saturated carbocycles. The maximum absolute atomic E-state index is 5.41. The summed E-state index contributed by atoms with van der Waals surface area (Å²) in [4.78, 5) is 0. The summed E-state index contributed by atoms with van der Waals surface area (Å²) in [5.41, 5.74) is 0. The first-order valence-electron chi connectivity index (χ1n) is 6.08. The van der Waals surface area contributed by atoms with E-state index in [-0.39, 0.29) is 0 Å². The zero-order valence-electron chi connectivity index (χ0n) is 10.4. The minimum Gasteiger partial charge on any atom is -0.379 e. The van der Waals surface area contributed by atoms with Gasteiger partial charge in [-0.3, -0.25) is 0 Å². The van der Waals surface area contributed by atoms with Gasteiger partial charge in [0.05, 0.1) is 26.4 Å². The van der Waals surface area contributed by atoms with E-state index in [0.29, 0.717) is 33.0 Å². The van der Waals surface area contributed by atoms with E-state index in [1.165, 1.54) is 19.3 Å². The Balaban J connectivity index is 2.86. The van der Waals surface area contributed by atoms with Crippen molar-refractivity contribution in [1.82, 2.24) is 0 Å². The molecule has 0 radical (unpaired) electrons. The Hall–Kier alpha value is -0.560. The number of unbranched alkanes of at least 4 members (excludes halogenated alkanes) is 3. The summed E-state index contributed by atoms with van der Waals surface area (Å²) in [7, 11) is 0. The van der Waals surface area contributed by atoms with Crippen LogP contribution in [0.15, 0.2) is 0 Å². The Morgan fingerprint density at radius 1 is 0.812 bits per heavy atom. The van der Waals surface area contributed by atoms with E-state index >= 15 is 0 Å². The van der Waals surface area contributed by atoms with Crippen molar-refractivity contribution in [3.8, 4) is 12.3 Å². The average Bonchev–Trinajstić information content (AvgIpc) is 2.31. The Bertz CT molecular complexity index is 163. The van der Waals surface area contributed by atoms with E-state index in [2.05, 4.69) is 12.8 Å². The summed E-state index contributed by atoms with van der Waals surface area (Å²) in [6, 6.07) is 0. The van der Waals surface area contributed by atoms with Crippen molar-refractivity contribution < 1.29 is 14.2 Å². The van der Waals surface area contributed by atoms with Crippen LogP contribution in [-0.2, 0) is 14.2 Å². The number of hydrogen-bond acceptors (Lipinski definition) is 3. The lowest BCUT2D eigenvalue weighted by atomic mass is 10.2. The fourth-order valence-corrected chi connectivity index (χ4v) is 1.20. The molecule has 0 amide bonds. The van der Waals surface area contributed by atoms with Crippen LogP contribution in [0, 0.1) is 12.3 Å². The van der Waals surface area contributed by atoms with Crippen molar-refractivity contribution >= 4 is 0 Å². The third kappa shape index (κ3) is 13.4. The summed E-state index contributed by atoms with van der Waals surface area (Å²) >= 11 is 0. The van der Waals surface area contributed by atoms with Gasteiger partial charge < -0.3 is 14.2 Å². The van der Waals surface area contributed by atoms with Crippen molar-refractivity contribution in [3.05, 3.63) is 0 Å². The zero-order chi connectivity index (χ0) is 11.9. The molecule has 0 aliphatic carbocycles. The molecule has 94 valence electrons. The molecule has 3 heteroatoms. The van der Waals surface area contributed by atoms with E-state index in [1.54, 1.807) is 0 Å². The van der Waals surface area contributed by atoms with Crippen LogP contribution >= 0.6 is 0 Å². The Morgan fingerprint density at radius 3 is 2.06 bits per heavy atom. The van der Waals surface area contributed by atoms with Crippen LogP contribution in [0.5, 0.6) is 0 Å². The number of rotatable bonds is 12. The van der Waals surface area contributed by atoms with E-state index in [0.717, 1.165) is 13.0 Å². The average molecular weight is 228 g/mol. The molecule has 0 unspecified atom stereocenters. The van der Waals surface area contributed by atoms with Crippen molar-refractivity contribution in [3.63, 3.8) is 0 Å². The Labute approximate surface area is 99.5 Å². The Morgan fingerprint density at radius 2 is 1.44 bits per heavy atom. The van der Waals surface area contributed by atoms with Gasteiger partial charge in [0, 0.05) is 6.61 Å². The molecule has 0 saturated heterocycles. The fraction of sp³-hybridized carbons (Fsp3) is 0.846. The normalized spacial score (nSPS) is 10.2. The van der Waals surface area contributed by atoms with E-state index in [1.807, 2.05) is 0 Å². The SMILES string of the molecule is C#CCOCCOCCOCCCCCC. The monoisotopic (exact) mass is 228 g/mol. The van der Waals surface area contributed by atoms with Crippen molar-refractivity contribution in [2.24, 2.45) is 0 Å². The van der Waals surface area contributed by atoms with Gasteiger partial charge in [0.25, 0.3) is 0 Å². The molecule has 0 rings (SSSR count). The Kier molecular flexibility index (Phi) is 13.9. The molecule has 0 aromatic rings. The highest BCUT2D eigenvalue weighted by Gasteiger charge is 1.91. The van der Waals surface area contributed by atoms with Gasteiger partial charge in [0.15, 0.2) is 0 Å². The second kappa shape index (κ2) is 14.4. The van der Waals surface area contributed by atoms with Crippen molar-refractivity contribution in [1.29, 1.82) is 0 Å². The minimum absolute atomic E-state index is 0.358. The molecule has 0 heterocycles. The van der Waals surface area contributed by atoms with Gasteiger partial charge in [-0.2, -0.15) is 0 Å². The molecule has 0 spiro atoms. The molecule has 16 heavy (non-hydrogen) atoms. The van der Waals surface area contributed by atoms with Gasteiger partial charge in [0.1, 0.15) is 6.61 Å². The van der Waals surface area contributed by atoms with Crippen LogP contribution in [0.2, 0.25) is 0 Å². The number of terminal acetylenes is 1. The molecular weight excluding hydrogens is 204 g/mol. The maximum Gasteiger partial charge on any atom is 0.107 e. The smallest absolute Gasteiger partial charge is 0.107 e. The summed E-state index contributed by atoms with van der Waals surface area (Å²) < 4.78 is 15.8. The lowest BCUT2D eigenvalue weighted by Crippen LogP contribution is -2.09. The van der Waals surface area contributed by atoms with Crippen LogP contribution in [0.3, 0.4) is 0 Å². The summed E-state index contributed by atoms with van der Waals surface area (Å²) in [5.74, 6) is 2.40. The largest absolute Gasteiger partial charge is 0.379 e. The highest BCUT2D eigenvalue weighted by molar-refractivity contribution is 4.82. The van der Waals surface area contributed by atoms with Gasteiger partial charge in [-0.1, -0.05) is 32.1 Å². The first-order valence-corrected chi connectivity index (χ1v) is 6.08. The molecule has 0 aromatic carbocycles. The molecule has 0 N–H and O–H groups in total. The molecule has 3 nitrogen and oxygen atoms in total.